The first kappa shape index (κ1) is 10.4. The summed E-state index contributed by atoms with van der Waals surface area (Å²) in [6.07, 6.45) is 1.14. The Morgan fingerprint density at radius 2 is 2.42 bits per heavy atom. The van der Waals surface area contributed by atoms with Crippen molar-refractivity contribution in [3.05, 3.63) is 0 Å². The number of ether oxygens (including phenoxy) is 1. The van der Waals surface area contributed by atoms with E-state index in [9.17, 15) is 0 Å². The zero-order valence-electron chi connectivity index (χ0n) is 7.99. The Labute approximate surface area is 80.7 Å². The molecule has 0 radical (unpaired) electrons. The van der Waals surface area contributed by atoms with Crippen LogP contribution in [0.1, 0.15) is 20.3 Å². The zero-order valence-corrected chi connectivity index (χ0v) is 8.89. The first-order valence-corrected chi connectivity index (χ1v) is 5.25. The molecule has 1 aliphatic rings. The van der Waals surface area contributed by atoms with Gasteiger partial charge in [0.05, 0.1) is 13.2 Å². The van der Waals surface area contributed by atoms with Crippen molar-refractivity contribution in [2.45, 2.75) is 31.6 Å². The van der Waals surface area contributed by atoms with Crippen molar-refractivity contribution >= 4 is 12.6 Å². The largest absolute Gasteiger partial charge is 0.378 e. The average molecular weight is 189 g/mol. The topological polar surface area (TPSA) is 12.5 Å². The van der Waals surface area contributed by atoms with Crippen molar-refractivity contribution in [3.8, 4) is 0 Å². The fourth-order valence-corrected chi connectivity index (χ4v) is 1.96. The van der Waals surface area contributed by atoms with Crippen molar-refractivity contribution in [2.24, 2.45) is 0 Å². The number of likely N-dealkylation sites (N-methyl/N-ethyl adjacent to an activating group) is 1. The van der Waals surface area contributed by atoms with Gasteiger partial charge in [0.1, 0.15) is 0 Å². The van der Waals surface area contributed by atoms with Crippen molar-refractivity contribution < 1.29 is 4.74 Å². The highest BCUT2D eigenvalue weighted by Crippen LogP contribution is 2.14. The van der Waals surface area contributed by atoms with Gasteiger partial charge in [-0.25, -0.2) is 0 Å². The molecule has 1 heterocycles. The molecule has 0 spiro atoms. The molecule has 1 aliphatic heterocycles. The second-order valence-corrected chi connectivity index (χ2v) is 4.32. The number of rotatable bonds is 3. The molecular formula is C9H19NOS. The molecule has 0 aromatic heterocycles. The number of morpholine rings is 1. The predicted molar refractivity (Wildman–Crippen MR) is 54.9 cm³/mol. The van der Waals surface area contributed by atoms with Gasteiger partial charge in [0.2, 0.25) is 0 Å². The highest BCUT2D eigenvalue weighted by molar-refractivity contribution is 7.80. The first-order chi connectivity index (χ1) is 5.74. The van der Waals surface area contributed by atoms with Crippen LogP contribution < -0.4 is 0 Å². The maximum Gasteiger partial charge on any atom is 0.0622 e. The molecule has 0 aliphatic carbocycles. The summed E-state index contributed by atoms with van der Waals surface area (Å²) in [5.41, 5.74) is 0. The highest BCUT2D eigenvalue weighted by Gasteiger charge is 2.21. The van der Waals surface area contributed by atoms with E-state index in [1.807, 2.05) is 0 Å². The summed E-state index contributed by atoms with van der Waals surface area (Å²) < 4.78 is 5.44. The normalized spacial score (nSPS) is 28.8. The van der Waals surface area contributed by atoms with Gasteiger partial charge in [-0.15, -0.1) is 0 Å². The van der Waals surface area contributed by atoms with Crippen LogP contribution in [0.4, 0.5) is 0 Å². The molecular weight excluding hydrogens is 170 g/mol. The van der Waals surface area contributed by atoms with E-state index < -0.39 is 0 Å². The molecule has 0 aromatic rings. The van der Waals surface area contributed by atoms with Crippen LogP contribution in [-0.2, 0) is 4.74 Å². The van der Waals surface area contributed by atoms with E-state index in [1.165, 1.54) is 0 Å². The minimum atomic E-state index is 0.478. The number of hydrogen-bond acceptors (Lipinski definition) is 3. The third kappa shape index (κ3) is 2.96. The van der Waals surface area contributed by atoms with Gasteiger partial charge in [0.15, 0.2) is 0 Å². The molecule has 3 heteroatoms. The Kier molecular flexibility index (Phi) is 4.40. The Morgan fingerprint density at radius 1 is 1.67 bits per heavy atom. The van der Waals surface area contributed by atoms with Gasteiger partial charge in [-0.3, -0.25) is 4.90 Å². The number of nitrogens with zero attached hydrogens (tertiary/aromatic N) is 1. The molecule has 2 unspecified atom stereocenters. The molecule has 0 N–H and O–H groups in total. The quantitative estimate of drug-likeness (QED) is 0.674. The lowest BCUT2D eigenvalue weighted by Crippen LogP contribution is -2.46. The molecule has 2 atom stereocenters. The highest BCUT2D eigenvalue weighted by atomic mass is 32.1. The molecule has 0 aromatic carbocycles. The van der Waals surface area contributed by atoms with Gasteiger partial charge < -0.3 is 4.74 Å². The van der Waals surface area contributed by atoms with Gasteiger partial charge in [-0.1, -0.05) is 13.8 Å². The Bertz CT molecular complexity index is 130. The number of hydrogen-bond donors (Lipinski definition) is 1. The third-order valence-electron chi connectivity index (χ3n) is 2.37. The smallest absolute Gasteiger partial charge is 0.0622 e. The van der Waals surface area contributed by atoms with Crippen molar-refractivity contribution in [1.82, 2.24) is 4.90 Å². The summed E-state index contributed by atoms with van der Waals surface area (Å²) in [6, 6.07) is 0.594. The molecule has 72 valence electrons. The van der Waals surface area contributed by atoms with Gasteiger partial charge in [-0.2, -0.15) is 12.6 Å². The lowest BCUT2D eigenvalue weighted by molar-refractivity contribution is -0.00729. The Morgan fingerprint density at radius 3 is 3.00 bits per heavy atom. The summed E-state index contributed by atoms with van der Waals surface area (Å²) >= 11 is 4.41. The van der Waals surface area contributed by atoms with Crippen molar-refractivity contribution in [1.29, 1.82) is 0 Å². The van der Waals surface area contributed by atoms with Crippen LogP contribution in [0.5, 0.6) is 0 Å². The second kappa shape index (κ2) is 5.10. The minimum absolute atomic E-state index is 0.478. The van der Waals surface area contributed by atoms with E-state index in [0.717, 1.165) is 32.7 Å². The van der Waals surface area contributed by atoms with Crippen LogP contribution >= 0.6 is 12.6 Å². The molecule has 1 saturated heterocycles. The molecule has 2 nitrogen and oxygen atoms in total. The fraction of sp³-hybridized carbons (Fsp3) is 1.00. The van der Waals surface area contributed by atoms with E-state index in [2.05, 4.69) is 31.4 Å². The molecule has 1 rings (SSSR count). The monoisotopic (exact) mass is 189 g/mol. The van der Waals surface area contributed by atoms with Crippen LogP contribution in [0.2, 0.25) is 0 Å². The SMILES string of the molecule is CCN1CCOCC1CC(C)S. The van der Waals surface area contributed by atoms with Crippen LogP contribution in [0.25, 0.3) is 0 Å². The standard InChI is InChI=1S/C9H19NOS/c1-3-10-4-5-11-7-9(10)6-8(2)12/h8-9,12H,3-7H2,1-2H3. The maximum absolute atomic E-state index is 5.44. The van der Waals surface area contributed by atoms with Crippen molar-refractivity contribution in [3.63, 3.8) is 0 Å². The van der Waals surface area contributed by atoms with Gasteiger partial charge in [0.25, 0.3) is 0 Å². The fourth-order valence-electron chi connectivity index (χ4n) is 1.72. The summed E-state index contributed by atoms with van der Waals surface area (Å²) in [4.78, 5) is 2.48. The van der Waals surface area contributed by atoms with Gasteiger partial charge in [0, 0.05) is 17.8 Å². The Hall–Kier alpha value is 0.270. The molecule has 1 fully saturated rings. The molecule has 0 saturated carbocycles. The number of thiol groups is 1. The van der Waals surface area contributed by atoms with Crippen LogP contribution in [-0.4, -0.2) is 42.5 Å². The first-order valence-electron chi connectivity index (χ1n) is 4.74. The van der Waals surface area contributed by atoms with E-state index in [4.69, 9.17) is 4.74 Å². The van der Waals surface area contributed by atoms with E-state index in [-0.39, 0.29) is 0 Å². The average Bonchev–Trinajstić information content (AvgIpc) is 2.04. The van der Waals surface area contributed by atoms with Crippen LogP contribution in [0, 0.1) is 0 Å². The molecule has 0 bridgehead atoms. The summed E-state index contributed by atoms with van der Waals surface area (Å²) in [7, 11) is 0. The summed E-state index contributed by atoms with van der Waals surface area (Å²) in [5.74, 6) is 0. The maximum atomic E-state index is 5.44. The lowest BCUT2D eigenvalue weighted by Gasteiger charge is -2.35. The minimum Gasteiger partial charge on any atom is -0.378 e. The van der Waals surface area contributed by atoms with E-state index in [1.54, 1.807) is 0 Å². The summed E-state index contributed by atoms with van der Waals surface area (Å²) in [5, 5.41) is 0.478. The summed E-state index contributed by atoms with van der Waals surface area (Å²) in [6.45, 7) is 8.35. The lowest BCUT2D eigenvalue weighted by atomic mass is 10.1. The molecule has 0 amide bonds. The van der Waals surface area contributed by atoms with Gasteiger partial charge in [-0.05, 0) is 13.0 Å². The van der Waals surface area contributed by atoms with E-state index in [0.29, 0.717) is 11.3 Å². The van der Waals surface area contributed by atoms with Gasteiger partial charge >= 0.3 is 0 Å². The van der Waals surface area contributed by atoms with Crippen molar-refractivity contribution in [2.75, 3.05) is 26.3 Å². The Balaban J connectivity index is 2.36. The second-order valence-electron chi connectivity index (χ2n) is 3.44. The third-order valence-corrected chi connectivity index (χ3v) is 2.58. The van der Waals surface area contributed by atoms with Crippen LogP contribution in [0.15, 0.2) is 0 Å². The predicted octanol–water partition coefficient (Wildman–Crippen LogP) is 1.42. The van der Waals surface area contributed by atoms with Crippen LogP contribution in [0.3, 0.4) is 0 Å². The zero-order chi connectivity index (χ0) is 8.97. The molecule has 12 heavy (non-hydrogen) atoms. The van der Waals surface area contributed by atoms with E-state index >= 15 is 0 Å².